The first-order valence-corrected chi connectivity index (χ1v) is 15.8. The van der Waals surface area contributed by atoms with E-state index in [1.807, 2.05) is 36.4 Å². The van der Waals surface area contributed by atoms with Gasteiger partial charge < -0.3 is 24.8 Å². The van der Waals surface area contributed by atoms with Crippen molar-refractivity contribution in [2.75, 3.05) is 19.8 Å². The van der Waals surface area contributed by atoms with Gasteiger partial charge in [-0.05, 0) is 67.0 Å². The number of sulfonamides is 1. The summed E-state index contributed by atoms with van der Waals surface area (Å²) in [6, 6.07) is 13.4. The van der Waals surface area contributed by atoms with E-state index in [1.54, 1.807) is 6.07 Å². The van der Waals surface area contributed by atoms with Crippen molar-refractivity contribution >= 4 is 21.6 Å². The summed E-state index contributed by atoms with van der Waals surface area (Å²) in [6.45, 7) is 0.574. The molecule has 2 fully saturated rings. The molecule has 4 atom stereocenters. The molecule has 0 radical (unpaired) electrons. The first kappa shape index (κ1) is 30.2. The molecular weight excluding hydrogens is 542 g/mol. The monoisotopic (exact) mass is 581 g/mol. The molecule has 2 aromatic carbocycles. The molecule has 0 unspecified atom stereocenters. The fourth-order valence-electron chi connectivity index (χ4n) is 5.30. The van der Waals surface area contributed by atoms with Crippen LogP contribution in [0.2, 0.25) is 5.02 Å². The Balaban J connectivity index is 1.23. The van der Waals surface area contributed by atoms with Gasteiger partial charge in [0.2, 0.25) is 10.0 Å². The summed E-state index contributed by atoms with van der Waals surface area (Å²) in [7, 11) is -3.21. The minimum Gasteiger partial charge on any atom is -0.494 e. The van der Waals surface area contributed by atoms with Crippen molar-refractivity contribution in [2.45, 2.75) is 87.5 Å². The molecule has 1 saturated carbocycles. The Kier molecular flexibility index (Phi) is 11.1. The molecule has 1 heterocycles. The van der Waals surface area contributed by atoms with E-state index in [9.17, 15) is 23.7 Å². The predicted octanol–water partition coefficient (Wildman–Crippen LogP) is 3.89. The summed E-state index contributed by atoms with van der Waals surface area (Å²) in [5, 5.41) is 30.0. The Bertz CT molecular complexity index is 1150. The standard InChI is InChI=1S/C29H40ClNO7S/c30-25-13-10-21(27-18-26(33)29(34)28(19-32)38-27)17-22(25)16-20-8-11-23(12-9-20)37-15-5-4-14-31-39(35,36)24-6-2-1-3-7-24/h8-13,17,24,26-29,31-34H,1-7,14-16,18-19H2/t26-,27-,28-,29+/m1/s1. The van der Waals surface area contributed by atoms with E-state index in [1.165, 1.54) is 0 Å². The van der Waals surface area contributed by atoms with Crippen LogP contribution in [0.25, 0.3) is 0 Å². The molecule has 0 amide bonds. The van der Waals surface area contributed by atoms with E-state index in [2.05, 4.69) is 4.72 Å². The highest BCUT2D eigenvalue weighted by atomic mass is 35.5. The summed E-state index contributed by atoms with van der Waals surface area (Å²) >= 11 is 6.47. The van der Waals surface area contributed by atoms with Gasteiger partial charge in [0.1, 0.15) is 18.0 Å². The van der Waals surface area contributed by atoms with Crippen LogP contribution in [0.15, 0.2) is 42.5 Å². The first-order chi connectivity index (χ1) is 18.8. The van der Waals surface area contributed by atoms with Gasteiger partial charge in [0.05, 0.1) is 30.7 Å². The summed E-state index contributed by atoms with van der Waals surface area (Å²) in [5.74, 6) is 0.750. The number of aliphatic hydroxyl groups is 3. The smallest absolute Gasteiger partial charge is 0.214 e. The Labute approximate surface area is 236 Å². The largest absolute Gasteiger partial charge is 0.494 e. The number of nitrogens with one attached hydrogen (secondary N) is 1. The summed E-state index contributed by atoms with van der Waals surface area (Å²) in [6.07, 6.45) is 3.58. The minimum atomic E-state index is -3.21. The lowest BCUT2D eigenvalue weighted by atomic mass is 9.92. The van der Waals surface area contributed by atoms with Gasteiger partial charge in [-0.2, -0.15) is 0 Å². The second-order valence-corrected chi connectivity index (χ2v) is 13.0. The van der Waals surface area contributed by atoms with Crippen LogP contribution in [-0.2, 0) is 21.2 Å². The Morgan fingerprint density at radius 3 is 2.49 bits per heavy atom. The maximum atomic E-state index is 12.4. The van der Waals surface area contributed by atoms with Crippen LogP contribution < -0.4 is 9.46 Å². The third kappa shape index (κ3) is 8.39. The highest BCUT2D eigenvalue weighted by Crippen LogP contribution is 2.34. The molecule has 1 saturated heterocycles. The zero-order valence-electron chi connectivity index (χ0n) is 22.2. The lowest BCUT2D eigenvalue weighted by molar-refractivity contribution is -0.181. The third-order valence-corrected chi connectivity index (χ3v) is 9.97. The molecule has 39 heavy (non-hydrogen) atoms. The summed E-state index contributed by atoms with van der Waals surface area (Å²) < 4.78 is 39.2. The van der Waals surface area contributed by atoms with Gasteiger partial charge >= 0.3 is 0 Å². The number of rotatable bonds is 12. The van der Waals surface area contributed by atoms with Gasteiger partial charge in [-0.15, -0.1) is 0 Å². The molecule has 1 aliphatic carbocycles. The van der Waals surface area contributed by atoms with E-state index in [0.29, 0.717) is 24.6 Å². The van der Waals surface area contributed by atoms with Crippen molar-refractivity contribution in [3.8, 4) is 5.75 Å². The van der Waals surface area contributed by atoms with Crippen molar-refractivity contribution < 1.29 is 33.2 Å². The SMILES string of the molecule is O=S(=O)(NCCCCOc1ccc(Cc2cc([C@H]3C[C@@H](O)[C@H](O)[C@@H](CO)O3)ccc2Cl)cc1)C1CCCCC1. The Morgan fingerprint density at radius 2 is 1.77 bits per heavy atom. The molecule has 0 bridgehead atoms. The van der Waals surface area contributed by atoms with E-state index < -0.39 is 34.4 Å². The van der Waals surface area contributed by atoms with Crippen molar-refractivity contribution in [1.29, 1.82) is 0 Å². The van der Waals surface area contributed by atoms with Crippen LogP contribution >= 0.6 is 11.6 Å². The van der Waals surface area contributed by atoms with Crippen LogP contribution in [0.3, 0.4) is 0 Å². The second-order valence-electron chi connectivity index (χ2n) is 10.6. The number of aliphatic hydroxyl groups excluding tert-OH is 3. The van der Waals surface area contributed by atoms with E-state index >= 15 is 0 Å². The molecule has 2 aliphatic rings. The van der Waals surface area contributed by atoms with Gasteiger partial charge in [-0.25, -0.2) is 13.1 Å². The maximum Gasteiger partial charge on any atom is 0.214 e. The number of hydrogen-bond donors (Lipinski definition) is 4. The van der Waals surface area contributed by atoms with Crippen LogP contribution in [-0.4, -0.2) is 67.1 Å². The minimum absolute atomic E-state index is 0.233. The highest BCUT2D eigenvalue weighted by molar-refractivity contribution is 7.90. The van der Waals surface area contributed by atoms with Crippen LogP contribution in [0, 0.1) is 0 Å². The molecule has 8 nitrogen and oxygen atoms in total. The molecule has 0 aromatic heterocycles. The zero-order valence-corrected chi connectivity index (χ0v) is 23.7. The molecule has 4 N–H and O–H groups in total. The average Bonchev–Trinajstić information content (AvgIpc) is 2.94. The molecule has 216 valence electrons. The summed E-state index contributed by atoms with van der Waals surface area (Å²) in [5.41, 5.74) is 2.79. The normalized spacial score (nSPS) is 24.5. The average molecular weight is 582 g/mol. The Morgan fingerprint density at radius 1 is 1.03 bits per heavy atom. The van der Waals surface area contributed by atoms with Gasteiger partial charge in [-0.1, -0.05) is 55.1 Å². The highest BCUT2D eigenvalue weighted by Gasteiger charge is 2.37. The fraction of sp³-hybridized carbons (Fsp3) is 0.586. The lowest BCUT2D eigenvalue weighted by Gasteiger charge is -2.36. The number of ether oxygens (including phenoxy) is 2. The molecular formula is C29H40ClNO7S. The second kappa shape index (κ2) is 14.3. The number of halogens is 1. The van der Waals surface area contributed by atoms with E-state index in [4.69, 9.17) is 21.1 Å². The van der Waals surface area contributed by atoms with Crippen molar-refractivity contribution in [2.24, 2.45) is 0 Å². The number of hydrogen-bond acceptors (Lipinski definition) is 7. The van der Waals surface area contributed by atoms with Crippen LogP contribution in [0.4, 0.5) is 0 Å². The van der Waals surface area contributed by atoms with Gasteiger partial charge in [0.15, 0.2) is 0 Å². The quantitative estimate of drug-likeness (QED) is 0.280. The van der Waals surface area contributed by atoms with Crippen molar-refractivity contribution in [3.05, 3.63) is 64.2 Å². The van der Waals surface area contributed by atoms with Crippen molar-refractivity contribution in [1.82, 2.24) is 4.72 Å². The van der Waals surface area contributed by atoms with Crippen molar-refractivity contribution in [3.63, 3.8) is 0 Å². The molecule has 10 heteroatoms. The predicted molar refractivity (Wildman–Crippen MR) is 151 cm³/mol. The first-order valence-electron chi connectivity index (χ1n) is 13.9. The van der Waals surface area contributed by atoms with E-state index in [-0.39, 0.29) is 18.3 Å². The molecule has 0 spiro atoms. The molecule has 1 aliphatic heterocycles. The summed E-state index contributed by atoms with van der Waals surface area (Å²) in [4.78, 5) is 0. The van der Waals surface area contributed by atoms with Gasteiger partial charge in [-0.3, -0.25) is 0 Å². The van der Waals surface area contributed by atoms with Crippen LogP contribution in [0.1, 0.15) is 74.2 Å². The molecule has 2 aromatic rings. The van der Waals surface area contributed by atoms with Crippen LogP contribution in [0.5, 0.6) is 5.75 Å². The maximum absolute atomic E-state index is 12.4. The zero-order chi connectivity index (χ0) is 27.8. The van der Waals surface area contributed by atoms with Gasteiger partial charge in [0, 0.05) is 18.0 Å². The lowest BCUT2D eigenvalue weighted by Crippen LogP contribution is -2.47. The number of unbranched alkanes of at least 4 members (excludes halogenated alkanes) is 1. The Hall–Kier alpha value is -1.72. The fourth-order valence-corrected chi connectivity index (χ4v) is 7.10. The number of benzene rings is 2. The topological polar surface area (TPSA) is 125 Å². The third-order valence-electron chi connectivity index (χ3n) is 7.64. The van der Waals surface area contributed by atoms with Gasteiger partial charge in [0.25, 0.3) is 0 Å². The molecule has 4 rings (SSSR count). The van der Waals surface area contributed by atoms with E-state index in [0.717, 1.165) is 67.4 Å².